The molecule has 2 heterocycles. The largest absolute Gasteiger partial charge is 0.481 e. The molecule has 134 valence electrons. The molecule has 0 aliphatic rings. The zero-order valence-electron chi connectivity index (χ0n) is 14.3. The second kappa shape index (κ2) is 7.36. The van der Waals surface area contributed by atoms with Gasteiger partial charge in [0.25, 0.3) is 0 Å². The Balaban J connectivity index is 1.56. The zero-order chi connectivity index (χ0) is 18.8. The first-order valence-electron chi connectivity index (χ1n) is 8.12. The maximum Gasteiger partial charge on any atom is 0.236 e. The summed E-state index contributed by atoms with van der Waals surface area (Å²) >= 11 is 2.14. The fourth-order valence-electron chi connectivity index (χ4n) is 2.57. The molecule has 0 radical (unpaired) electrons. The highest BCUT2D eigenvalue weighted by Gasteiger charge is 2.14. The van der Waals surface area contributed by atoms with Crippen LogP contribution in [-0.4, -0.2) is 27.8 Å². The molecule has 0 amide bonds. The Morgan fingerprint density at radius 2 is 1.78 bits per heavy atom. The van der Waals surface area contributed by atoms with E-state index in [1.807, 2.05) is 30.3 Å². The molecule has 0 aliphatic carbocycles. The molecule has 1 N–H and O–H groups in total. The van der Waals surface area contributed by atoms with Crippen molar-refractivity contribution in [3.05, 3.63) is 75.6 Å². The molecule has 0 bridgehead atoms. The van der Waals surface area contributed by atoms with Crippen LogP contribution in [0.4, 0.5) is 0 Å². The van der Waals surface area contributed by atoms with Crippen LogP contribution >= 0.6 is 22.6 Å². The maximum absolute atomic E-state index is 12.7. The molecule has 0 spiro atoms. The van der Waals surface area contributed by atoms with E-state index in [2.05, 4.69) is 37.5 Å². The number of aromatic nitrogens is 3. The van der Waals surface area contributed by atoms with Gasteiger partial charge < -0.3 is 14.5 Å². The van der Waals surface area contributed by atoms with E-state index in [0.717, 1.165) is 14.6 Å². The molecule has 6 nitrogen and oxygen atoms in total. The number of nitrogens with zero attached hydrogens (tertiary/aromatic N) is 2. The maximum atomic E-state index is 12.7. The van der Waals surface area contributed by atoms with Gasteiger partial charge in [-0.05, 0) is 65.1 Å². The Kier molecular flexibility index (Phi) is 4.76. The van der Waals surface area contributed by atoms with Crippen LogP contribution in [0.15, 0.2) is 60.7 Å². The molecule has 0 atom stereocenters. The number of pyridine rings is 1. The summed E-state index contributed by atoms with van der Waals surface area (Å²) in [7, 11) is 1.55. The van der Waals surface area contributed by atoms with E-state index in [0.29, 0.717) is 28.9 Å². The summed E-state index contributed by atoms with van der Waals surface area (Å²) in [5.41, 5.74) is 2.12. The van der Waals surface area contributed by atoms with Crippen LogP contribution in [0.1, 0.15) is 16.2 Å². The second-order valence-electron chi connectivity index (χ2n) is 5.70. The Bertz CT molecular complexity index is 1090. The SMILES string of the molecule is COc1ccc(I)c(Oc2ccc(C(=O)c3nc4ccccc4[nH]3)cc2)n1. The number of benzene rings is 2. The number of H-pyrrole nitrogens is 1. The van der Waals surface area contributed by atoms with Crippen LogP contribution < -0.4 is 9.47 Å². The molecule has 0 saturated carbocycles. The molecule has 0 unspecified atom stereocenters. The third kappa shape index (κ3) is 3.63. The lowest BCUT2D eigenvalue weighted by atomic mass is 10.1. The first-order valence-corrected chi connectivity index (χ1v) is 9.20. The van der Waals surface area contributed by atoms with E-state index in [-0.39, 0.29) is 5.78 Å². The van der Waals surface area contributed by atoms with Gasteiger partial charge in [0, 0.05) is 11.6 Å². The highest BCUT2D eigenvalue weighted by atomic mass is 127. The van der Waals surface area contributed by atoms with Gasteiger partial charge in [-0.1, -0.05) is 12.1 Å². The molecular formula is C20H14IN3O3. The molecule has 4 aromatic rings. The summed E-state index contributed by atoms with van der Waals surface area (Å²) in [5.74, 6) is 1.64. The third-order valence-electron chi connectivity index (χ3n) is 3.93. The van der Waals surface area contributed by atoms with Crippen LogP contribution in [0, 0.1) is 3.57 Å². The standard InChI is InChI=1S/C20H14IN3O3/c1-26-17-11-10-14(21)20(24-17)27-13-8-6-12(7-9-13)18(25)19-22-15-4-2-3-5-16(15)23-19/h2-11H,1H3,(H,22,23). The Labute approximate surface area is 168 Å². The highest BCUT2D eigenvalue weighted by Crippen LogP contribution is 2.27. The number of hydrogen-bond donors (Lipinski definition) is 1. The van der Waals surface area contributed by atoms with Crippen molar-refractivity contribution in [3.63, 3.8) is 0 Å². The number of rotatable bonds is 5. The minimum absolute atomic E-state index is 0.174. The first-order chi connectivity index (χ1) is 13.1. The van der Waals surface area contributed by atoms with E-state index in [1.165, 1.54) is 0 Å². The summed E-state index contributed by atoms with van der Waals surface area (Å²) in [6.07, 6.45) is 0. The summed E-state index contributed by atoms with van der Waals surface area (Å²) in [4.78, 5) is 24.3. The number of imidazole rings is 1. The minimum Gasteiger partial charge on any atom is -0.481 e. The van der Waals surface area contributed by atoms with Crippen molar-refractivity contribution in [3.8, 4) is 17.5 Å². The fourth-order valence-corrected chi connectivity index (χ4v) is 2.99. The molecule has 0 aliphatic heterocycles. The number of ether oxygens (including phenoxy) is 2. The van der Waals surface area contributed by atoms with Crippen molar-refractivity contribution in [2.24, 2.45) is 0 Å². The van der Waals surface area contributed by atoms with Gasteiger partial charge in [0.1, 0.15) is 5.75 Å². The second-order valence-corrected chi connectivity index (χ2v) is 6.86. The lowest BCUT2D eigenvalue weighted by Gasteiger charge is -2.08. The number of methoxy groups -OCH3 is 1. The van der Waals surface area contributed by atoms with Gasteiger partial charge in [0.15, 0.2) is 5.82 Å². The molecule has 4 rings (SSSR count). The molecular weight excluding hydrogens is 457 g/mol. The lowest BCUT2D eigenvalue weighted by Crippen LogP contribution is -2.03. The topological polar surface area (TPSA) is 77.1 Å². The monoisotopic (exact) mass is 471 g/mol. The lowest BCUT2D eigenvalue weighted by molar-refractivity contribution is 0.103. The molecule has 2 aromatic carbocycles. The van der Waals surface area contributed by atoms with Crippen LogP contribution in [0.2, 0.25) is 0 Å². The van der Waals surface area contributed by atoms with E-state index in [9.17, 15) is 4.79 Å². The normalized spacial score (nSPS) is 10.7. The van der Waals surface area contributed by atoms with Gasteiger partial charge in [-0.15, -0.1) is 0 Å². The summed E-state index contributed by atoms with van der Waals surface area (Å²) in [6.45, 7) is 0. The van der Waals surface area contributed by atoms with Crippen molar-refractivity contribution >= 4 is 39.4 Å². The summed E-state index contributed by atoms with van der Waals surface area (Å²) < 4.78 is 11.8. The van der Waals surface area contributed by atoms with Crippen molar-refractivity contribution in [1.29, 1.82) is 0 Å². The van der Waals surface area contributed by atoms with Crippen LogP contribution in [0.5, 0.6) is 17.5 Å². The number of fused-ring (bicyclic) bond motifs is 1. The number of para-hydroxylation sites is 2. The van der Waals surface area contributed by atoms with Crippen LogP contribution in [0.25, 0.3) is 11.0 Å². The average Bonchev–Trinajstić information content (AvgIpc) is 3.14. The minimum atomic E-state index is -0.174. The highest BCUT2D eigenvalue weighted by molar-refractivity contribution is 14.1. The van der Waals surface area contributed by atoms with Crippen molar-refractivity contribution in [2.45, 2.75) is 0 Å². The smallest absolute Gasteiger partial charge is 0.236 e. The number of halogens is 1. The molecule has 27 heavy (non-hydrogen) atoms. The van der Waals surface area contributed by atoms with Crippen molar-refractivity contribution < 1.29 is 14.3 Å². The van der Waals surface area contributed by atoms with Gasteiger partial charge >= 0.3 is 0 Å². The number of hydrogen-bond acceptors (Lipinski definition) is 5. The van der Waals surface area contributed by atoms with E-state index >= 15 is 0 Å². The van der Waals surface area contributed by atoms with Crippen LogP contribution in [-0.2, 0) is 0 Å². The molecule has 0 saturated heterocycles. The van der Waals surface area contributed by atoms with Gasteiger partial charge in [0.05, 0.1) is 21.7 Å². The Morgan fingerprint density at radius 3 is 2.52 bits per heavy atom. The number of carbonyl (C=O) groups excluding carboxylic acids is 1. The first kappa shape index (κ1) is 17.5. The molecule has 7 heteroatoms. The Morgan fingerprint density at radius 1 is 1.00 bits per heavy atom. The van der Waals surface area contributed by atoms with E-state index in [1.54, 1.807) is 37.4 Å². The van der Waals surface area contributed by atoms with Gasteiger partial charge in [-0.25, -0.2) is 4.98 Å². The van der Waals surface area contributed by atoms with E-state index in [4.69, 9.17) is 9.47 Å². The van der Waals surface area contributed by atoms with Gasteiger partial charge in [-0.2, -0.15) is 4.98 Å². The molecule has 2 aromatic heterocycles. The molecule has 0 fully saturated rings. The zero-order valence-corrected chi connectivity index (χ0v) is 16.4. The number of aromatic amines is 1. The van der Waals surface area contributed by atoms with Crippen molar-refractivity contribution in [2.75, 3.05) is 7.11 Å². The Hall–Kier alpha value is -2.94. The third-order valence-corrected chi connectivity index (χ3v) is 4.75. The van der Waals surface area contributed by atoms with E-state index < -0.39 is 0 Å². The van der Waals surface area contributed by atoms with Crippen LogP contribution in [0.3, 0.4) is 0 Å². The van der Waals surface area contributed by atoms with Gasteiger partial charge in [-0.3, -0.25) is 4.79 Å². The predicted octanol–water partition coefficient (Wildman–Crippen LogP) is 4.59. The number of nitrogens with one attached hydrogen (secondary N) is 1. The van der Waals surface area contributed by atoms with Gasteiger partial charge in [0.2, 0.25) is 17.5 Å². The predicted molar refractivity (Wildman–Crippen MR) is 110 cm³/mol. The summed E-state index contributed by atoms with van der Waals surface area (Å²) in [5, 5.41) is 0. The average molecular weight is 471 g/mol. The summed E-state index contributed by atoms with van der Waals surface area (Å²) in [6, 6.07) is 18.0. The number of carbonyl (C=O) groups is 1. The fraction of sp³-hybridized carbons (Fsp3) is 0.0500. The number of ketones is 1. The van der Waals surface area contributed by atoms with Crippen molar-refractivity contribution in [1.82, 2.24) is 15.0 Å². The quantitative estimate of drug-likeness (QED) is 0.340.